The van der Waals surface area contributed by atoms with Crippen molar-refractivity contribution in [2.75, 3.05) is 26.8 Å². The number of ether oxygens (including phenoxy) is 3. The number of anilines is 1. The number of hydrogen-bond donors (Lipinski definition) is 1. The molecule has 0 amide bonds. The summed E-state index contributed by atoms with van der Waals surface area (Å²) in [4.78, 5) is 4.50. The maximum absolute atomic E-state index is 6.24. The first-order chi connectivity index (χ1) is 13.5. The minimum absolute atomic E-state index is 0.544. The molecule has 146 valence electrons. The normalized spacial score (nSPS) is 10.9. The van der Waals surface area contributed by atoms with Gasteiger partial charge in [0.25, 0.3) is 0 Å². The van der Waals surface area contributed by atoms with Gasteiger partial charge < -0.3 is 14.2 Å². The number of nitrogens with one attached hydrogen (secondary N) is 1. The first-order valence-electron chi connectivity index (χ1n) is 8.05. The number of benzene rings is 2. The molecule has 9 heteroatoms. The van der Waals surface area contributed by atoms with Crippen molar-refractivity contribution in [2.45, 2.75) is 0 Å². The summed E-state index contributed by atoms with van der Waals surface area (Å²) in [6.45, 7) is 0. The van der Waals surface area contributed by atoms with Crippen molar-refractivity contribution in [1.82, 2.24) is 4.98 Å². The number of hydrazone groups is 1. The molecule has 3 aromatic rings. The lowest BCUT2D eigenvalue weighted by Gasteiger charge is -2.11. The summed E-state index contributed by atoms with van der Waals surface area (Å²) in [7, 11) is 4.72. The lowest BCUT2D eigenvalue weighted by molar-refractivity contribution is 0.349. The number of aromatic nitrogens is 1. The first kappa shape index (κ1) is 20.3. The summed E-state index contributed by atoms with van der Waals surface area (Å²) in [6, 6.07) is 8.82. The Balaban J connectivity index is 1.78. The van der Waals surface area contributed by atoms with E-state index in [0.29, 0.717) is 32.4 Å². The third-order valence-electron chi connectivity index (χ3n) is 3.81. The molecule has 0 bridgehead atoms. The third-order valence-corrected chi connectivity index (χ3v) is 5.11. The molecule has 0 saturated heterocycles. The molecular weight excluding hydrogens is 421 g/mol. The largest absolute Gasteiger partial charge is 0.496 e. The van der Waals surface area contributed by atoms with Crippen LogP contribution >= 0.6 is 34.5 Å². The maximum Gasteiger partial charge on any atom is 0.203 e. The molecule has 0 atom stereocenters. The van der Waals surface area contributed by atoms with Gasteiger partial charge in [0.05, 0.1) is 38.3 Å². The smallest absolute Gasteiger partial charge is 0.203 e. The molecule has 0 fully saturated rings. The second-order valence-corrected chi connectivity index (χ2v) is 7.18. The molecule has 1 N–H and O–H groups in total. The van der Waals surface area contributed by atoms with Gasteiger partial charge in [-0.15, -0.1) is 11.3 Å². The van der Waals surface area contributed by atoms with Gasteiger partial charge in [-0.2, -0.15) is 5.10 Å². The van der Waals surface area contributed by atoms with Gasteiger partial charge >= 0.3 is 0 Å². The molecule has 0 aliphatic carbocycles. The molecule has 0 saturated carbocycles. The summed E-state index contributed by atoms with van der Waals surface area (Å²) in [5.74, 6) is 1.77. The Hall–Kier alpha value is -2.48. The first-order valence-corrected chi connectivity index (χ1v) is 9.69. The number of halogens is 2. The Labute approximate surface area is 176 Å². The molecule has 0 spiro atoms. The zero-order valence-electron chi connectivity index (χ0n) is 15.3. The quantitative estimate of drug-likeness (QED) is 0.385. The predicted molar refractivity (Wildman–Crippen MR) is 115 cm³/mol. The van der Waals surface area contributed by atoms with Crippen molar-refractivity contribution < 1.29 is 14.2 Å². The Morgan fingerprint density at radius 1 is 1.00 bits per heavy atom. The van der Waals surface area contributed by atoms with Gasteiger partial charge in [-0.25, -0.2) is 4.98 Å². The topological polar surface area (TPSA) is 65.0 Å². The van der Waals surface area contributed by atoms with Crippen molar-refractivity contribution in [1.29, 1.82) is 0 Å². The minimum Gasteiger partial charge on any atom is -0.496 e. The lowest BCUT2D eigenvalue weighted by Crippen LogP contribution is -1.98. The molecule has 0 radical (unpaired) electrons. The van der Waals surface area contributed by atoms with E-state index >= 15 is 0 Å². The average molecular weight is 438 g/mol. The van der Waals surface area contributed by atoms with E-state index in [0.717, 1.165) is 16.8 Å². The fourth-order valence-corrected chi connectivity index (χ4v) is 3.62. The second kappa shape index (κ2) is 9.14. The molecule has 0 aliphatic rings. The molecule has 28 heavy (non-hydrogen) atoms. The number of hydrogen-bond acceptors (Lipinski definition) is 7. The monoisotopic (exact) mass is 437 g/mol. The van der Waals surface area contributed by atoms with Crippen LogP contribution in [0.4, 0.5) is 5.13 Å². The van der Waals surface area contributed by atoms with E-state index in [1.54, 1.807) is 51.8 Å². The van der Waals surface area contributed by atoms with Crippen LogP contribution in [-0.4, -0.2) is 32.5 Å². The van der Waals surface area contributed by atoms with Gasteiger partial charge in [0.2, 0.25) is 5.13 Å². The van der Waals surface area contributed by atoms with Crippen molar-refractivity contribution in [3.05, 3.63) is 51.3 Å². The molecule has 0 aliphatic heterocycles. The van der Waals surface area contributed by atoms with Crippen molar-refractivity contribution in [3.63, 3.8) is 0 Å². The van der Waals surface area contributed by atoms with Gasteiger partial charge in [-0.05, 0) is 24.3 Å². The van der Waals surface area contributed by atoms with Gasteiger partial charge in [0, 0.05) is 27.6 Å². The molecule has 1 heterocycles. The molecular formula is C19H17Cl2N3O3S. The van der Waals surface area contributed by atoms with Crippen LogP contribution in [0.2, 0.25) is 10.0 Å². The van der Waals surface area contributed by atoms with Crippen molar-refractivity contribution >= 4 is 45.9 Å². The number of nitrogens with zero attached hydrogens (tertiary/aromatic N) is 2. The highest BCUT2D eigenvalue weighted by Crippen LogP contribution is 2.34. The van der Waals surface area contributed by atoms with Crippen LogP contribution in [-0.2, 0) is 0 Å². The van der Waals surface area contributed by atoms with Crippen LogP contribution in [0.25, 0.3) is 11.3 Å². The third kappa shape index (κ3) is 4.49. The Bertz CT molecular complexity index is 1010. The highest BCUT2D eigenvalue weighted by atomic mass is 35.5. The highest BCUT2D eigenvalue weighted by Gasteiger charge is 2.11. The van der Waals surface area contributed by atoms with Crippen LogP contribution in [0.3, 0.4) is 0 Å². The summed E-state index contributed by atoms with van der Waals surface area (Å²) < 4.78 is 16.0. The van der Waals surface area contributed by atoms with Crippen LogP contribution in [0.5, 0.6) is 17.2 Å². The molecule has 0 unspecified atom stereocenters. The molecule has 3 rings (SSSR count). The van der Waals surface area contributed by atoms with Crippen molar-refractivity contribution in [3.8, 4) is 28.5 Å². The van der Waals surface area contributed by atoms with Gasteiger partial charge in [-0.1, -0.05) is 23.2 Å². The minimum atomic E-state index is 0.544. The van der Waals surface area contributed by atoms with Crippen LogP contribution in [0, 0.1) is 0 Å². The van der Waals surface area contributed by atoms with Crippen LogP contribution in [0.1, 0.15) is 5.56 Å². The average Bonchev–Trinajstić information content (AvgIpc) is 3.16. The fourth-order valence-electron chi connectivity index (χ4n) is 2.46. The lowest BCUT2D eigenvalue weighted by atomic mass is 10.2. The van der Waals surface area contributed by atoms with E-state index in [4.69, 9.17) is 37.4 Å². The van der Waals surface area contributed by atoms with Gasteiger partial charge in [-0.3, -0.25) is 5.43 Å². The van der Waals surface area contributed by atoms with Crippen LogP contribution in [0.15, 0.2) is 40.8 Å². The van der Waals surface area contributed by atoms with Crippen LogP contribution < -0.4 is 19.6 Å². The van der Waals surface area contributed by atoms with Crippen molar-refractivity contribution in [2.24, 2.45) is 5.10 Å². The zero-order valence-corrected chi connectivity index (χ0v) is 17.7. The maximum atomic E-state index is 6.24. The van der Waals surface area contributed by atoms with E-state index in [9.17, 15) is 0 Å². The number of thiazole rings is 1. The number of rotatable bonds is 7. The SMILES string of the molecule is COc1cc(OC)c(OC)cc1/C=N/Nc1nc(-c2ccc(Cl)cc2Cl)cs1. The highest BCUT2D eigenvalue weighted by molar-refractivity contribution is 7.14. The standard InChI is InChI=1S/C19H17Cl2N3O3S/c1-25-16-8-18(27-3)17(26-2)6-11(16)9-22-24-19-23-15(10-28-19)13-5-4-12(20)7-14(13)21/h4-10H,1-3H3,(H,23,24)/b22-9+. The van der Waals surface area contributed by atoms with E-state index in [1.165, 1.54) is 11.3 Å². The van der Waals surface area contributed by atoms with E-state index in [-0.39, 0.29) is 0 Å². The zero-order chi connectivity index (χ0) is 20.1. The number of methoxy groups -OCH3 is 3. The fraction of sp³-hybridized carbons (Fsp3) is 0.158. The molecule has 6 nitrogen and oxygen atoms in total. The Morgan fingerprint density at radius 2 is 1.71 bits per heavy atom. The molecule has 1 aromatic heterocycles. The van der Waals surface area contributed by atoms with Gasteiger partial charge in [0.15, 0.2) is 11.5 Å². The Morgan fingerprint density at radius 3 is 2.39 bits per heavy atom. The van der Waals surface area contributed by atoms with E-state index < -0.39 is 0 Å². The predicted octanol–water partition coefficient (Wildman–Crippen LogP) is 5.59. The second-order valence-electron chi connectivity index (χ2n) is 5.48. The summed E-state index contributed by atoms with van der Waals surface area (Å²) in [5, 5.41) is 7.88. The van der Waals surface area contributed by atoms with Gasteiger partial charge in [0.1, 0.15) is 5.75 Å². The summed E-state index contributed by atoms with van der Waals surface area (Å²) in [5.41, 5.74) is 5.19. The summed E-state index contributed by atoms with van der Waals surface area (Å²) in [6.07, 6.45) is 1.62. The van der Waals surface area contributed by atoms with E-state index in [2.05, 4.69) is 15.5 Å². The summed E-state index contributed by atoms with van der Waals surface area (Å²) >= 11 is 13.6. The van der Waals surface area contributed by atoms with E-state index in [1.807, 2.05) is 11.4 Å². The Kier molecular flexibility index (Phi) is 6.61. The molecule has 2 aromatic carbocycles.